The molecular formula is C23H17N3O4. The first-order chi connectivity index (χ1) is 14.6. The Morgan fingerprint density at radius 3 is 2.13 bits per heavy atom. The van der Waals surface area contributed by atoms with E-state index in [1.807, 2.05) is 30.3 Å². The van der Waals surface area contributed by atoms with Crippen molar-refractivity contribution in [2.24, 2.45) is 5.29 Å². The van der Waals surface area contributed by atoms with Crippen LogP contribution in [0, 0.1) is 4.91 Å². The Balaban J connectivity index is 1.56. The first-order valence-electron chi connectivity index (χ1n) is 9.32. The van der Waals surface area contributed by atoms with E-state index in [4.69, 9.17) is 0 Å². The van der Waals surface area contributed by atoms with Crippen LogP contribution in [0.4, 0.5) is 5.69 Å². The Morgan fingerprint density at radius 1 is 0.800 bits per heavy atom. The van der Waals surface area contributed by atoms with Crippen molar-refractivity contribution >= 4 is 23.2 Å². The van der Waals surface area contributed by atoms with Gasteiger partial charge in [-0.1, -0.05) is 66.7 Å². The lowest BCUT2D eigenvalue weighted by molar-refractivity contribution is -0.117. The van der Waals surface area contributed by atoms with Crippen molar-refractivity contribution in [1.82, 2.24) is 5.01 Å². The minimum atomic E-state index is -0.516. The van der Waals surface area contributed by atoms with Crippen molar-refractivity contribution in [2.75, 3.05) is 11.9 Å². The van der Waals surface area contributed by atoms with Gasteiger partial charge in [0.1, 0.15) is 6.54 Å². The highest BCUT2D eigenvalue weighted by molar-refractivity contribution is 6.30. The van der Waals surface area contributed by atoms with Crippen LogP contribution in [0.25, 0.3) is 0 Å². The SMILES string of the molecule is O=NN(CC(=O)Nc1cccc2c1C(=O)c1ccccc1C2=O)Cc1ccccc1. The molecule has 1 aliphatic carbocycles. The number of carbonyl (C=O) groups excluding carboxylic acids is 3. The molecule has 0 fully saturated rings. The molecule has 0 aromatic heterocycles. The van der Waals surface area contributed by atoms with Crippen molar-refractivity contribution in [2.45, 2.75) is 6.54 Å². The summed E-state index contributed by atoms with van der Waals surface area (Å²) < 4.78 is 0. The van der Waals surface area contributed by atoms with E-state index in [9.17, 15) is 19.3 Å². The van der Waals surface area contributed by atoms with Crippen molar-refractivity contribution in [1.29, 1.82) is 0 Å². The molecule has 0 radical (unpaired) electrons. The number of hydrogen-bond donors (Lipinski definition) is 1. The molecule has 3 aromatic carbocycles. The average molecular weight is 399 g/mol. The fourth-order valence-corrected chi connectivity index (χ4v) is 3.51. The lowest BCUT2D eigenvalue weighted by Gasteiger charge is -2.21. The van der Waals surface area contributed by atoms with E-state index < -0.39 is 5.91 Å². The number of anilines is 1. The molecule has 7 nitrogen and oxygen atoms in total. The summed E-state index contributed by atoms with van der Waals surface area (Å²) in [6.07, 6.45) is 0. The van der Waals surface area contributed by atoms with Crippen molar-refractivity contribution in [3.8, 4) is 0 Å². The van der Waals surface area contributed by atoms with E-state index in [1.54, 1.807) is 42.5 Å². The van der Waals surface area contributed by atoms with Gasteiger partial charge in [0.15, 0.2) is 11.6 Å². The van der Waals surface area contributed by atoms with E-state index in [0.29, 0.717) is 11.1 Å². The van der Waals surface area contributed by atoms with Gasteiger partial charge >= 0.3 is 0 Å². The zero-order valence-electron chi connectivity index (χ0n) is 15.9. The second-order valence-corrected chi connectivity index (χ2v) is 6.87. The molecule has 0 bridgehead atoms. The Kier molecular flexibility index (Phi) is 5.17. The predicted octanol–water partition coefficient (Wildman–Crippen LogP) is 3.58. The summed E-state index contributed by atoms with van der Waals surface area (Å²) in [5, 5.41) is 6.65. The zero-order chi connectivity index (χ0) is 21.1. The molecule has 1 amide bonds. The van der Waals surface area contributed by atoms with Crippen LogP contribution < -0.4 is 5.32 Å². The summed E-state index contributed by atoms with van der Waals surface area (Å²) in [6, 6.07) is 20.5. The van der Waals surface area contributed by atoms with Crippen molar-refractivity contribution in [3.05, 3.63) is 106 Å². The molecule has 0 unspecified atom stereocenters. The van der Waals surface area contributed by atoms with Crippen LogP contribution in [-0.4, -0.2) is 29.0 Å². The number of nitroso groups, excluding NO2 is 1. The summed E-state index contributed by atoms with van der Waals surface area (Å²) in [5.74, 6) is -1.11. The molecule has 7 heteroatoms. The van der Waals surface area contributed by atoms with Crippen LogP contribution in [0.5, 0.6) is 0 Å². The van der Waals surface area contributed by atoms with E-state index in [-0.39, 0.29) is 41.5 Å². The first kappa shape index (κ1) is 19.2. The van der Waals surface area contributed by atoms with Crippen molar-refractivity contribution < 1.29 is 14.4 Å². The Morgan fingerprint density at radius 2 is 1.43 bits per heavy atom. The third-order valence-corrected chi connectivity index (χ3v) is 4.88. The van der Waals surface area contributed by atoms with Gasteiger partial charge in [0.05, 0.1) is 23.1 Å². The highest BCUT2D eigenvalue weighted by Gasteiger charge is 2.31. The number of rotatable bonds is 6. The third kappa shape index (κ3) is 3.60. The maximum Gasteiger partial charge on any atom is 0.245 e. The molecule has 4 rings (SSSR count). The second kappa shape index (κ2) is 8.08. The van der Waals surface area contributed by atoms with Crippen LogP contribution >= 0.6 is 0 Å². The molecule has 0 aliphatic heterocycles. The average Bonchev–Trinajstić information content (AvgIpc) is 2.77. The van der Waals surface area contributed by atoms with E-state index >= 15 is 0 Å². The smallest absolute Gasteiger partial charge is 0.245 e. The minimum Gasteiger partial charge on any atom is -0.324 e. The van der Waals surface area contributed by atoms with Crippen LogP contribution in [0.1, 0.15) is 37.4 Å². The van der Waals surface area contributed by atoms with Gasteiger partial charge in [0.2, 0.25) is 5.91 Å². The molecule has 0 saturated carbocycles. The standard InChI is InChI=1S/C23H17N3O4/c27-20(14-26(25-30)13-15-7-2-1-3-8-15)24-19-12-6-11-18-21(19)23(29)17-10-5-4-9-16(17)22(18)28/h1-12H,13-14H2,(H,24,27). The van der Waals surface area contributed by atoms with Crippen molar-refractivity contribution in [3.63, 3.8) is 0 Å². The van der Waals surface area contributed by atoms with Gasteiger partial charge in [-0.3, -0.25) is 14.4 Å². The number of fused-ring (bicyclic) bond motifs is 2. The highest BCUT2D eigenvalue weighted by atomic mass is 16.3. The number of ketones is 2. The lowest BCUT2D eigenvalue weighted by atomic mass is 9.83. The van der Waals surface area contributed by atoms with Gasteiger partial charge in [-0.25, -0.2) is 5.01 Å². The molecule has 30 heavy (non-hydrogen) atoms. The molecular weight excluding hydrogens is 382 g/mol. The van der Waals surface area contributed by atoms with Gasteiger partial charge in [-0.05, 0) is 11.6 Å². The lowest BCUT2D eigenvalue weighted by Crippen LogP contribution is -2.30. The van der Waals surface area contributed by atoms with E-state index in [2.05, 4.69) is 10.6 Å². The Hall–Kier alpha value is -4.13. The quantitative estimate of drug-likeness (QED) is 0.395. The van der Waals surface area contributed by atoms with Crippen LogP contribution in [0.2, 0.25) is 0 Å². The number of carbonyl (C=O) groups is 3. The molecule has 148 valence electrons. The molecule has 3 aromatic rings. The normalized spacial score (nSPS) is 12.0. The third-order valence-electron chi connectivity index (χ3n) is 4.88. The zero-order valence-corrected chi connectivity index (χ0v) is 15.9. The topological polar surface area (TPSA) is 95.9 Å². The van der Waals surface area contributed by atoms with E-state index in [0.717, 1.165) is 10.6 Å². The number of hydrogen-bond acceptors (Lipinski definition) is 5. The summed E-state index contributed by atoms with van der Waals surface area (Å²) >= 11 is 0. The van der Waals surface area contributed by atoms with Crippen LogP contribution in [0.3, 0.4) is 0 Å². The van der Waals surface area contributed by atoms with E-state index in [1.165, 1.54) is 0 Å². The highest BCUT2D eigenvalue weighted by Crippen LogP contribution is 2.31. The number of nitrogens with one attached hydrogen (secondary N) is 1. The minimum absolute atomic E-state index is 0.156. The fourth-order valence-electron chi connectivity index (χ4n) is 3.51. The molecule has 0 spiro atoms. The number of nitrogens with zero attached hydrogens (tertiary/aromatic N) is 2. The molecule has 0 atom stereocenters. The van der Waals surface area contributed by atoms with Gasteiger partial charge in [0, 0.05) is 16.7 Å². The summed E-state index contributed by atoms with van der Waals surface area (Å²) in [7, 11) is 0. The molecule has 1 aliphatic rings. The molecule has 1 N–H and O–H groups in total. The molecule has 0 saturated heterocycles. The number of amides is 1. The van der Waals surface area contributed by atoms with Gasteiger partial charge in [0.25, 0.3) is 0 Å². The second-order valence-electron chi connectivity index (χ2n) is 6.87. The summed E-state index contributed by atoms with van der Waals surface area (Å²) in [4.78, 5) is 49.5. The fraction of sp³-hybridized carbons (Fsp3) is 0.0870. The van der Waals surface area contributed by atoms with Gasteiger partial charge < -0.3 is 5.32 Å². The maximum absolute atomic E-state index is 13.0. The van der Waals surface area contributed by atoms with Gasteiger partial charge in [-0.2, -0.15) is 0 Å². The summed E-state index contributed by atoms with van der Waals surface area (Å²) in [5.41, 5.74) is 2.11. The van der Waals surface area contributed by atoms with Gasteiger partial charge in [-0.15, -0.1) is 4.91 Å². The van der Waals surface area contributed by atoms with Crippen LogP contribution in [0.15, 0.2) is 78.1 Å². The first-order valence-corrected chi connectivity index (χ1v) is 9.32. The summed E-state index contributed by atoms with van der Waals surface area (Å²) in [6.45, 7) is -0.115. The van der Waals surface area contributed by atoms with Crippen LogP contribution in [-0.2, 0) is 11.3 Å². The Bertz CT molecular complexity index is 1160. The Labute approximate surface area is 172 Å². The molecule has 0 heterocycles. The maximum atomic E-state index is 13.0. The largest absolute Gasteiger partial charge is 0.324 e. The monoisotopic (exact) mass is 399 g/mol. The number of benzene rings is 3. The predicted molar refractivity (Wildman–Crippen MR) is 111 cm³/mol.